The summed E-state index contributed by atoms with van der Waals surface area (Å²) in [6.45, 7) is 9.23. The van der Waals surface area contributed by atoms with Crippen molar-refractivity contribution in [3.8, 4) is 0 Å². The van der Waals surface area contributed by atoms with Crippen molar-refractivity contribution in [2.45, 2.75) is 44.0 Å². The van der Waals surface area contributed by atoms with Gasteiger partial charge in [-0.15, -0.1) is 11.3 Å². The van der Waals surface area contributed by atoms with E-state index in [1.165, 1.54) is 11.3 Å². The van der Waals surface area contributed by atoms with Crippen molar-refractivity contribution in [3.63, 3.8) is 0 Å². The highest BCUT2D eigenvalue weighted by molar-refractivity contribution is 7.91. The fourth-order valence-electron chi connectivity index (χ4n) is 1.71. The van der Waals surface area contributed by atoms with E-state index in [1.807, 2.05) is 20.0 Å². The first-order valence-corrected chi connectivity index (χ1v) is 9.66. The summed E-state index contributed by atoms with van der Waals surface area (Å²) in [5, 5.41) is 3.19. The van der Waals surface area contributed by atoms with E-state index in [2.05, 4.69) is 28.8 Å². The first-order valence-electron chi connectivity index (χ1n) is 7.36. The minimum Gasteiger partial charge on any atom is -0.312 e. The molecule has 0 aliphatic rings. The first-order chi connectivity index (χ1) is 9.86. The van der Waals surface area contributed by atoms with Crippen LogP contribution >= 0.6 is 11.3 Å². The largest absolute Gasteiger partial charge is 0.312 e. The summed E-state index contributed by atoms with van der Waals surface area (Å²) in [6, 6.07) is 4.03. The predicted molar refractivity (Wildman–Crippen MR) is 89.3 cm³/mol. The number of nitrogens with zero attached hydrogens (tertiary/aromatic N) is 1. The lowest BCUT2D eigenvalue weighted by Crippen LogP contribution is -2.31. The van der Waals surface area contributed by atoms with Gasteiger partial charge in [0.05, 0.1) is 0 Å². The second kappa shape index (κ2) is 8.85. The summed E-state index contributed by atoms with van der Waals surface area (Å²) in [7, 11) is -1.31. The molecule has 0 spiro atoms. The van der Waals surface area contributed by atoms with Gasteiger partial charge in [0.25, 0.3) is 0 Å². The van der Waals surface area contributed by atoms with E-state index >= 15 is 0 Å². The fraction of sp³-hybridized carbons (Fsp3) is 0.714. The summed E-state index contributed by atoms with van der Waals surface area (Å²) in [4.78, 5) is 3.24. The lowest BCUT2D eigenvalue weighted by atomic mass is 10.3. The number of hydrogen-bond donors (Lipinski definition) is 2. The number of nitrogens with one attached hydrogen (secondary N) is 2. The third-order valence-corrected chi connectivity index (χ3v) is 6.35. The molecule has 0 aromatic carbocycles. The third kappa shape index (κ3) is 6.44. The van der Waals surface area contributed by atoms with Crippen LogP contribution in [0.2, 0.25) is 0 Å². The van der Waals surface area contributed by atoms with Gasteiger partial charge in [-0.05, 0) is 52.5 Å². The molecule has 122 valence electrons. The molecule has 0 radical (unpaired) electrons. The number of thiophene rings is 1. The van der Waals surface area contributed by atoms with Crippen molar-refractivity contribution in [3.05, 3.63) is 17.0 Å². The molecule has 7 heteroatoms. The highest BCUT2D eigenvalue weighted by Crippen LogP contribution is 2.21. The van der Waals surface area contributed by atoms with Gasteiger partial charge in [0.1, 0.15) is 4.21 Å². The summed E-state index contributed by atoms with van der Waals surface area (Å²) >= 11 is 1.33. The van der Waals surface area contributed by atoms with E-state index in [9.17, 15) is 8.42 Å². The normalized spacial score (nSPS) is 12.5. The van der Waals surface area contributed by atoms with Crippen LogP contribution in [0, 0.1) is 0 Å². The molecular formula is C14H27N3O2S2. The van der Waals surface area contributed by atoms with E-state index in [4.69, 9.17) is 0 Å². The monoisotopic (exact) mass is 333 g/mol. The van der Waals surface area contributed by atoms with Crippen molar-refractivity contribution in [1.29, 1.82) is 0 Å². The van der Waals surface area contributed by atoms with E-state index in [-0.39, 0.29) is 0 Å². The Morgan fingerprint density at radius 3 is 2.67 bits per heavy atom. The average Bonchev–Trinajstić information content (AvgIpc) is 2.90. The molecule has 0 saturated carbocycles. The van der Waals surface area contributed by atoms with Crippen LogP contribution in [0.4, 0.5) is 0 Å². The third-order valence-electron chi connectivity index (χ3n) is 3.31. The standard InChI is InChI=1S/C14H27N3O2S2/c1-5-15-11-13-7-8-14(20-13)21(18,19)16-9-6-10-17(4)12(2)3/h7-8,12,15-16H,5-6,9-11H2,1-4H3. The zero-order chi connectivity index (χ0) is 15.9. The molecule has 0 aliphatic heterocycles. The molecule has 0 amide bonds. The van der Waals surface area contributed by atoms with Gasteiger partial charge >= 0.3 is 0 Å². The van der Waals surface area contributed by atoms with E-state index in [0.717, 1.165) is 30.9 Å². The van der Waals surface area contributed by atoms with Crippen LogP contribution in [0.3, 0.4) is 0 Å². The lowest BCUT2D eigenvalue weighted by Gasteiger charge is -2.20. The lowest BCUT2D eigenvalue weighted by molar-refractivity contribution is 0.271. The Morgan fingerprint density at radius 2 is 2.05 bits per heavy atom. The fourth-order valence-corrected chi connectivity index (χ4v) is 4.15. The van der Waals surface area contributed by atoms with Crippen molar-refractivity contribution < 1.29 is 8.42 Å². The van der Waals surface area contributed by atoms with Crippen LogP contribution < -0.4 is 10.0 Å². The summed E-state index contributed by atoms with van der Waals surface area (Å²) < 4.78 is 27.4. The molecule has 0 atom stereocenters. The van der Waals surface area contributed by atoms with Gasteiger partial charge in [-0.25, -0.2) is 13.1 Å². The van der Waals surface area contributed by atoms with Gasteiger partial charge in [-0.3, -0.25) is 0 Å². The Morgan fingerprint density at radius 1 is 1.33 bits per heavy atom. The maximum absolute atomic E-state index is 12.2. The van der Waals surface area contributed by atoms with Crippen molar-refractivity contribution in [2.75, 3.05) is 26.7 Å². The topological polar surface area (TPSA) is 61.4 Å². The number of hydrogen-bond acceptors (Lipinski definition) is 5. The van der Waals surface area contributed by atoms with Crippen molar-refractivity contribution in [1.82, 2.24) is 14.9 Å². The Bertz CT molecular complexity index is 512. The first kappa shape index (κ1) is 18.6. The molecule has 0 saturated heterocycles. The Hall–Kier alpha value is -0.470. The van der Waals surface area contributed by atoms with Crippen LogP contribution in [-0.2, 0) is 16.6 Å². The summed E-state index contributed by atoms with van der Waals surface area (Å²) in [6.07, 6.45) is 0.809. The van der Waals surface area contributed by atoms with Crippen LogP contribution in [-0.4, -0.2) is 46.0 Å². The van der Waals surface area contributed by atoms with Gasteiger partial charge in [0.15, 0.2) is 0 Å². The van der Waals surface area contributed by atoms with Crippen molar-refractivity contribution >= 4 is 21.4 Å². The van der Waals surface area contributed by atoms with Crippen LogP contribution in [0.25, 0.3) is 0 Å². The zero-order valence-corrected chi connectivity index (χ0v) is 15.0. The average molecular weight is 334 g/mol. The van der Waals surface area contributed by atoms with Gasteiger partial charge < -0.3 is 10.2 Å². The molecule has 1 aromatic heterocycles. The quantitative estimate of drug-likeness (QED) is 0.642. The van der Waals surface area contributed by atoms with Crippen LogP contribution in [0.15, 0.2) is 16.3 Å². The van der Waals surface area contributed by atoms with Crippen LogP contribution in [0.5, 0.6) is 0 Å². The number of rotatable bonds is 10. The van der Waals surface area contributed by atoms with E-state index in [1.54, 1.807) is 6.07 Å². The molecule has 1 rings (SSSR count). The van der Waals surface area contributed by atoms with Gasteiger partial charge in [-0.2, -0.15) is 0 Å². The molecule has 0 unspecified atom stereocenters. The predicted octanol–water partition coefficient (Wildman–Crippen LogP) is 1.87. The van der Waals surface area contributed by atoms with E-state index in [0.29, 0.717) is 16.8 Å². The molecule has 1 heterocycles. The molecule has 0 bridgehead atoms. The molecule has 1 aromatic rings. The molecule has 5 nitrogen and oxygen atoms in total. The zero-order valence-electron chi connectivity index (χ0n) is 13.3. The molecule has 0 aliphatic carbocycles. The molecule has 2 N–H and O–H groups in total. The van der Waals surface area contributed by atoms with Gasteiger partial charge in [0, 0.05) is 24.0 Å². The smallest absolute Gasteiger partial charge is 0.250 e. The minimum absolute atomic E-state index is 0.396. The van der Waals surface area contributed by atoms with Crippen LogP contribution in [0.1, 0.15) is 32.1 Å². The molecular weight excluding hydrogens is 306 g/mol. The van der Waals surface area contributed by atoms with Gasteiger partial charge in [0.2, 0.25) is 10.0 Å². The van der Waals surface area contributed by atoms with Gasteiger partial charge in [-0.1, -0.05) is 6.92 Å². The summed E-state index contributed by atoms with van der Waals surface area (Å²) in [5.41, 5.74) is 0. The maximum atomic E-state index is 12.2. The Balaban J connectivity index is 2.44. The number of sulfonamides is 1. The highest BCUT2D eigenvalue weighted by Gasteiger charge is 2.16. The molecule has 0 fully saturated rings. The minimum atomic E-state index is -3.36. The second-order valence-electron chi connectivity index (χ2n) is 5.33. The Kier molecular flexibility index (Phi) is 7.83. The maximum Gasteiger partial charge on any atom is 0.250 e. The Labute approximate surface area is 132 Å². The SMILES string of the molecule is CCNCc1ccc(S(=O)(=O)NCCCN(C)C(C)C)s1. The molecule has 21 heavy (non-hydrogen) atoms. The highest BCUT2D eigenvalue weighted by atomic mass is 32.2. The van der Waals surface area contributed by atoms with E-state index < -0.39 is 10.0 Å². The second-order valence-corrected chi connectivity index (χ2v) is 8.49. The summed E-state index contributed by atoms with van der Waals surface area (Å²) in [5.74, 6) is 0. The van der Waals surface area contributed by atoms with Crippen molar-refractivity contribution in [2.24, 2.45) is 0 Å².